The van der Waals surface area contributed by atoms with E-state index in [1.165, 1.54) is 18.3 Å². The van der Waals surface area contributed by atoms with Crippen molar-refractivity contribution in [2.45, 2.75) is 13.3 Å². The number of carbonyl (C=O) groups is 1. The third-order valence-corrected chi connectivity index (χ3v) is 1.33. The van der Waals surface area contributed by atoms with Crippen LogP contribution >= 0.6 is 0 Å². The van der Waals surface area contributed by atoms with Crippen LogP contribution < -0.4 is 5.32 Å². The van der Waals surface area contributed by atoms with Crippen molar-refractivity contribution in [3.05, 3.63) is 24.3 Å². The predicted molar refractivity (Wildman–Crippen MR) is 43.1 cm³/mol. The molecule has 4 heteroatoms. The van der Waals surface area contributed by atoms with E-state index in [9.17, 15) is 9.18 Å². The number of carbonyl (C=O) groups excluding carboxylic acids is 1. The summed E-state index contributed by atoms with van der Waals surface area (Å²) in [7, 11) is 0. The van der Waals surface area contributed by atoms with Crippen molar-refractivity contribution in [2.24, 2.45) is 0 Å². The van der Waals surface area contributed by atoms with Gasteiger partial charge in [-0.15, -0.1) is 0 Å². The van der Waals surface area contributed by atoms with Crippen LogP contribution in [0.2, 0.25) is 0 Å². The van der Waals surface area contributed by atoms with Gasteiger partial charge < -0.3 is 5.32 Å². The number of nitrogens with one attached hydrogen (secondary N) is 1. The molecule has 0 fully saturated rings. The molecule has 0 saturated carbocycles. The van der Waals surface area contributed by atoms with Gasteiger partial charge in [0.25, 0.3) is 0 Å². The summed E-state index contributed by atoms with van der Waals surface area (Å²) < 4.78 is 12.3. The molecule has 3 nitrogen and oxygen atoms in total. The number of aromatic nitrogens is 1. The standard InChI is InChI=1S/C8H9FN2O/c1-2-8(12)11-6-3-4-7(9)10-5-6/h3-5H,2H2,1H3,(H,11,12). The number of halogens is 1. The number of hydrogen-bond acceptors (Lipinski definition) is 2. The Bertz CT molecular complexity index is 271. The van der Waals surface area contributed by atoms with E-state index in [1.807, 2.05) is 0 Å². The van der Waals surface area contributed by atoms with E-state index >= 15 is 0 Å². The highest BCUT2D eigenvalue weighted by molar-refractivity contribution is 5.90. The van der Waals surface area contributed by atoms with Crippen molar-refractivity contribution in [3.8, 4) is 0 Å². The van der Waals surface area contributed by atoms with E-state index in [-0.39, 0.29) is 5.91 Å². The van der Waals surface area contributed by atoms with Gasteiger partial charge in [-0.25, -0.2) is 4.98 Å². The molecule has 0 bridgehead atoms. The fourth-order valence-corrected chi connectivity index (χ4v) is 0.699. The molecule has 1 amide bonds. The average molecular weight is 168 g/mol. The maximum Gasteiger partial charge on any atom is 0.224 e. The lowest BCUT2D eigenvalue weighted by molar-refractivity contribution is -0.115. The lowest BCUT2D eigenvalue weighted by Gasteiger charge is -2.00. The van der Waals surface area contributed by atoms with Crippen molar-refractivity contribution in [2.75, 3.05) is 5.32 Å². The third kappa shape index (κ3) is 2.30. The summed E-state index contributed by atoms with van der Waals surface area (Å²) in [6.45, 7) is 1.74. The molecule has 0 unspecified atom stereocenters. The van der Waals surface area contributed by atoms with Crippen LogP contribution in [0.15, 0.2) is 18.3 Å². The largest absolute Gasteiger partial charge is 0.325 e. The monoisotopic (exact) mass is 168 g/mol. The van der Waals surface area contributed by atoms with Crippen molar-refractivity contribution >= 4 is 11.6 Å². The molecule has 0 atom stereocenters. The van der Waals surface area contributed by atoms with Crippen LogP contribution in [0.5, 0.6) is 0 Å². The number of hydrogen-bond donors (Lipinski definition) is 1. The van der Waals surface area contributed by atoms with Gasteiger partial charge in [-0.1, -0.05) is 6.92 Å². The Hall–Kier alpha value is -1.45. The number of pyridine rings is 1. The number of amides is 1. The van der Waals surface area contributed by atoms with E-state index in [0.717, 1.165) is 0 Å². The van der Waals surface area contributed by atoms with E-state index in [2.05, 4.69) is 10.3 Å². The predicted octanol–water partition coefficient (Wildman–Crippen LogP) is 1.57. The van der Waals surface area contributed by atoms with Crippen molar-refractivity contribution in [3.63, 3.8) is 0 Å². The summed E-state index contributed by atoms with van der Waals surface area (Å²) in [5.74, 6) is -0.659. The highest BCUT2D eigenvalue weighted by Gasteiger charge is 1.98. The molecule has 0 aliphatic heterocycles. The van der Waals surface area contributed by atoms with Crippen LogP contribution in [0.1, 0.15) is 13.3 Å². The minimum atomic E-state index is -0.551. The molecule has 1 aromatic rings. The second-order valence-electron chi connectivity index (χ2n) is 2.27. The van der Waals surface area contributed by atoms with Crippen molar-refractivity contribution in [1.82, 2.24) is 4.98 Å². The highest BCUT2D eigenvalue weighted by Crippen LogP contribution is 2.04. The summed E-state index contributed by atoms with van der Waals surface area (Å²) in [6, 6.07) is 2.67. The van der Waals surface area contributed by atoms with Gasteiger partial charge in [-0.05, 0) is 12.1 Å². The van der Waals surface area contributed by atoms with Crippen LogP contribution in [-0.4, -0.2) is 10.9 Å². The van der Waals surface area contributed by atoms with E-state index < -0.39 is 5.95 Å². The van der Waals surface area contributed by atoms with Gasteiger partial charge in [0.1, 0.15) is 0 Å². The Kier molecular flexibility index (Phi) is 2.74. The summed E-state index contributed by atoms with van der Waals surface area (Å²) in [5.41, 5.74) is 0.517. The number of rotatable bonds is 2. The first-order chi connectivity index (χ1) is 5.72. The minimum absolute atomic E-state index is 0.108. The lowest BCUT2D eigenvalue weighted by Crippen LogP contribution is -2.09. The maximum atomic E-state index is 12.3. The molecule has 0 saturated heterocycles. The summed E-state index contributed by atoms with van der Waals surface area (Å²) in [5, 5.41) is 2.55. The Morgan fingerprint density at radius 3 is 2.92 bits per heavy atom. The smallest absolute Gasteiger partial charge is 0.224 e. The molecule has 0 spiro atoms. The molecule has 0 radical (unpaired) electrons. The van der Waals surface area contributed by atoms with Gasteiger partial charge in [0, 0.05) is 6.42 Å². The summed E-state index contributed by atoms with van der Waals surface area (Å²) in [4.78, 5) is 14.2. The Morgan fingerprint density at radius 1 is 1.67 bits per heavy atom. The molecule has 0 aliphatic rings. The molecular weight excluding hydrogens is 159 g/mol. The Labute approximate surface area is 69.6 Å². The highest BCUT2D eigenvalue weighted by atomic mass is 19.1. The van der Waals surface area contributed by atoms with E-state index in [0.29, 0.717) is 12.1 Å². The average Bonchev–Trinajstić information content (AvgIpc) is 2.09. The second kappa shape index (κ2) is 3.80. The fourth-order valence-electron chi connectivity index (χ4n) is 0.699. The summed E-state index contributed by atoms with van der Waals surface area (Å²) in [6.07, 6.45) is 1.68. The Morgan fingerprint density at radius 2 is 2.42 bits per heavy atom. The SMILES string of the molecule is CCC(=O)Nc1ccc(F)nc1. The molecular formula is C8H9FN2O. The van der Waals surface area contributed by atoms with Gasteiger partial charge in [-0.2, -0.15) is 4.39 Å². The number of nitrogens with zero attached hydrogens (tertiary/aromatic N) is 1. The number of anilines is 1. The summed E-state index contributed by atoms with van der Waals surface area (Å²) >= 11 is 0. The van der Waals surface area contributed by atoms with Crippen LogP contribution in [0.4, 0.5) is 10.1 Å². The molecule has 1 heterocycles. The van der Waals surface area contributed by atoms with E-state index in [1.54, 1.807) is 6.92 Å². The lowest BCUT2D eigenvalue weighted by atomic mass is 10.4. The molecule has 12 heavy (non-hydrogen) atoms. The molecule has 64 valence electrons. The molecule has 1 aromatic heterocycles. The van der Waals surface area contributed by atoms with Crippen LogP contribution in [0, 0.1) is 5.95 Å². The first-order valence-electron chi connectivity index (χ1n) is 3.63. The van der Waals surface area contributed by atoms with E-state index in [4.69, 9.17) is 0 Å². The van der Waals surface area contributed by atoms with Gasteiger partial charge in [0.2, 0.25) is 11.9 Å². The topological polar surface area (TPSA) is 42.0 Å². The minimum Gasteiger partial charge on any atom is -0.325 e. The zero-order valence-corrected chi connectivity index (χ0v) is 6.67. The van der Waals surface area contributed by atoms with Crippen LogP contribution in [-0.2, 0) is 4.79 Å². The van der Waals surface area contributed by atoms with Gasteiger partial charge in [-0.3, -0.25) is 4.79 Å². The van der Waals surface area contributed by atoms with Crippen LogP contribution in [0.3, 0.4) is 0 Å². The van der Waals surface area contributed by atoms with Gasteiger partial charge >= 0.3 is 0 Å². The maximum absolute atomic E-state index is 12.3. The zero-order valence-electron chi connectivity index (χ0n) is 6.67. The van der Waals surface area contributed by atoms with Gasteiger partial charge in [0.15, 0.2) is 0 Å². The third-order valence-electron chi connectivity index (χ3n) is 1.33. The second-order valence-corrected chi connectivity index (χ2v) is 2.27. The first kappa shape index (κ1) is 8.64. The van der Waals surface area contributed by atoms with Crippen LogP contribution in [0.25, 0.3) is 0 Å². The van der Waals surface area contributed by atoms with Gasteiger partial charge in [0.05, 0.1) is 11.9 Å². The molecule has 1 rings (SSSR count). The molecule has 0 aromatic carbocycles. The fraction of sp³-hybridized carbons (Fsp3) is 0.250. The molecule has 1 N–H and O–H groups in total. The van der Waals surface area contributed by atoms with Crippen molar-refractivity contribution in [1.29, 1.82) is 0 Å². The Balaban J connectivity index is 2.64. The zero-order chi connectivity index (χ0) is 8.97. The normalized spacial score (nSPS) is 9.50. The quantitative estimate of drug-likeness (QED) is 0.681. The van der Waals surface area contributed by atoms with Crippen molar-refractivity contribution < 1.29 is 9.18 Å². The first-order valence-corrected chi connectivity index (χ1v) is 3.63. The molecule has 0 aliphatic carbocycles.